The Balaban J connectivity index is 1.68. The predicted molar refractivity (Wildman–Crippen MR) is 82.8 cm³/mol. The Hall–Kier alpha value is -1.06. The van der Waals surface area contributed by atoms with Crippen LogP contribution in [0, 0.1) is 11.8 Å². The van der Waals surface area contributed by atoms with E-state index in [1.807, 2.05) is 12.1 Å². The van der Waals surface area contributed by atoms with E-state index in [2.05, 4.69) is 10.2 Å². The molecular formula is C16H21ClN2O. The van der Waals surface area contributed by atoms with Crippen molar-refractivity contribution >= 4 is 23.6 Å². The molecule has 1 aromatic carbocycles. The molecule has 1 N–H and O–H groups in total. The fourth-order valence-corrected chi connectivity index (χ4v) is 3.75. The molecule has 0 saturated carbocycles. The monoisotopic (exact) mass is 292 g/mol. The van der Waals surface area contributed by atoms with Crippen LogP contribution in [0.2, 0.25) is 5.02 Å². The third-order valence-electron chi connectivity index (χ3n) is 4.76. The number of halogens is 1. The van der Waals surface area contributed by atoms with Crippen molar-refractivity contribution in [3.8, 4) is 0 Å². The number of hydrogen-bond donors (Lipinski definition) is 1. The van der Waals surface area contributed by atoms with Crippen LogP contribution in [0.5, 0.6) is 0 Å². The molecule has 1 aromatic rings. The fourth-order valence-electron chi connectivity index (χ4n) is 3.58. The molecule has 0 radical (unpaired) electrons. The van der Waals surface area contributed by atoms with Crippen LogP contribution in [0.1, 0.15) is 29.6 Å². The number of carbonyl (C=O) groups excluding carboxylic acids is 1. The van der Waals surface area contributed by atoms with E-state index >= 15 is 0 Å². The molecule has 2 heterocycles. The summed E-state index contributed by atoms with van der Waals surface area (Å²) in [6, 6.07) is 5.52. The molecule has 4 heteroatoms. The summed E-state index contributed by atoms with van der Waals surface area (Å²) in [5.74, 6) is 1.68. The normalized spacial score (nSPS) is 24.1. The second-order valence-corrected chi connectivity index (χ2v) is 6.33. The van der Waals surface area contributed by atoms with Gasteiger partial charge in [-0.25, -0.2) is 0 Å². The van der Waals surface area contributed by atoms with Gasteiger partial charge in [0.05, 0.1) is 0 Å². The molecule has 2 fully saturated rings. The van der Waals surface area contributed by atoms with Crippen LogP contribution in [0.4, 0.5) is 5.69 Å². The number of rotatable bonds is 3. The van der Waals surface area contributed by atoms with Gasteiger partial charge in [0.1, 0.15) is 0 Å². The molecule has 2 aliphatic heterocycles. The van der Waals surface area contributed by atoms with E-state index in [1.165, 1.54) is 32.4 Å². The smallest absolute Gasteiger partial charge is 0.152 e. The zero-order chi connectivity index (χ0) is 13.9. The Kier molecular flexibility index (Phi) is 4.27. The molecule has 3 nitrogen and oxygen atoms in total. The van der Waals surface area contributed by atoms with Crippen LogP contribution in [-0.4, -0.2) is 32.5 Å². The highest BCUT2D eigenvalue weighted by Crippen LogP contribution is 2.32. The minimum atomic E-state index is 0.702. The third kappa shape index (κ3) is 2.84. The van der Waals surface area contributed by atoms with E-state index in [0.717, 1.165) is 42.5 Å². The first kappa shape index (κ1) is 13.9. The van der Waals surface area contributed by atoms with Gasteiger partial charge < -0.3 is 10.2 Å². The van der Waals surface area contributed by atoms with Gasteiger partial charge in [-0.3, -0.25) is 4.79 Å². The van der Waals surface area contributed by atoms with Crippen LogP contribution in [-0.2, 0) is 0 Å². The average Bonchev–Trinajstić information content (AvgIpc) is 3.02. The highest BCUT2D eigenvalue weighted by Gasteiger charge is 2.29. The summed E-state index contributed by atoms with van der Waals surface area (Å²) >= 11 is 6.07. The van der Waals surface area contributed by atoms with Crippen LogP contribution in [0.15, 0.2) is 18.2 Å². The van der Waals surface area contributed by atoms with Gasteiger partial charge in [0, 0.05) is 29.4 Å². The van der Waals surface area contributed by atoms with Crippen molar-refractivity contribution in [3.05, 3.63) is 28.8 Å². The van der Waals surface area contributed by atoms with E-state index in [1.54, 1.807) is 6.07 Å². The van der Waals surface area contributed by atoms with Crippen LogP contribution in [0.25, 0.3) is 0 Å². The number of aldehydes is 1. The molecule has 2 aliphatic rings. The van der Waals surface area contributed by atoms with Crippen LogP contribution in [0.3, 0.4) is 0 Å². The molecule has 0 spiro atoms. The zero-order valence-corrected chi connectivity index (χ0v) is 12.4. The summed E-state index contributed by atoms with van der Waals surface area (Å²) in [7, 11) is 0. The first-order chi connectivity index (χ1) is 9.78. The summed E-state index contributed by atoms with van der Waals surface area (Å²) in [6.45, 7) is 4.42. The standard InChI is InChI=1S/C16H21ClN2O/c17-15-2-1-14(11-20)16(9-15)19-7-4-12(5-8-19)13-3-6-18-10-13/h1-2,9,11-13,18H,3-8,10H2/t13-/m1/s1. The zero-order valence-electron chi connectivity index (χ0n) is 11.6. The Morgan fingerprint density at radius 2 is 2.00 bits per heavy atom. The molecule has 0 amide bonds. The number of anilines is 1. The molecule has 0 aromatic heterocycles. The summed E-state index contributed by atoms with van der Waals surface area (Å²) in [5.41, 5.74) is 1.74. The number of nitrogens with zero attached hydrogens (tertiary/aromatic N) is 1. The lowest BCUT2D eigenvalue weighted by Gasteiger charge is -2.36. The van der Waals surface area contributed by atoms with Gasteiger partial charge in [-0.1, -0.05) is 11.6 Å². The molecule has 1 atom stereocenters. The molecular weight excluding hydrogens is 272 g/mol. The third-order valence-corrected chi connectivity index (χ3v) is 5.00. The summed E-state index contributed by atoms with van der Waals surface area (Å²) in [6.07, 6.45) is 4.69. The Labute approximate surface area is 125 Å². The number of nitrogens with one attached hydrogen (secondary N) is 1. The largest absolute Gasteiger partial charge is 0.371 e. The van der Waals surface area contributed by atoms with Gasteiger partial charge in [0.2, 0.25) is 0 Å². The van der Waals surface area contributed by atoms with Gasteiger partial charge in [-0.15, -0.1) is 0 Å². The van der Waals surface area contributed by atoms with Crippen molar-refractivity contribution < 1.29 is 4.79 Å². The number of hydrogen-bond acceptors (Lipinski definition) is 3. The SMILES string of the molecule is O=Cc1ccc(Cl)cc1N1CCC([C@@H]2CCNC2)CC1. The number of piperidine rings is 1. The van der Waals surface area contributed by atoms with Gasteiger partial charge in [0.25, 0.3) is 0 Å². The highest BCUT2D eigenvalue weighted by molar-refractivity contribution is 6.31. The highest BCUT2D eigenvalue weighted by atomic mass is 35.5. The van der Waals surface area contributed by atoms with Crippen molar-refractivity contribution in [2.45, 2.75) is 19.3 Å². The van der Waals surface area contributed by atoms with Crippen molar-refractivity contribution in [2.24, 2.45) is 11.8 Å². The maximum atomic E-state index is 11.2. The quantitative estimate of drug-likeness (QED) is 0.869. The number of benzene rings is 1. The van der Waals surface area contributed by atoms with Gasteiger partial charge in [-0.2, -0.15) is 0 Å². The molecule has 0 aliphatic carbocycles. The van der Waals surface area contributed by atoms with Gasteiger partial charge in [-0.05, 0) is 62.4 Å². The van der Waals surface area contributed by atoms with E-state index in [0.29, 0.717) is 5.02 Å². The lowest BCUT2D eigenvalue weighted by Crippen LogP contribution is -2.37. The molecule has 20 heavy (non-hydrogen) atoms. The summed E-state index contributed by atoms with van der Waals surface area (Å²) in [4.78, 5) is 13.5. The summed E-state index contributed by atoms with van der Waals surface area (Å²) in [5, 5.41) is 4.16. The molecule has 2 saturated heterocycles. The van der Waals surface area contributed by atoms with Gasteiger partial charge in [0.15, 0.2) is 6.29 Å². The van der Waals surface area contributed by atoms with E-state index in [9.17, 15) is 4.79 Å². The Bertz CT molecular complexity index is 477. The van der Waals surface area contributed by atoms with Crippen molar-refractivity contribution in [2.75, 3.05) is 31.1 Å². The molecule has 108 valence electrons. The van der Waals surface area contributed by atoms with Gasteiger partial charge >= 0.3 is 0 Å². The minimum absolute atomic E-state index is 0.702. The molecule has 0 unspecified atom stereocenters. The van der Waals surface area contributed by atoms with Crippen molar-refractivity contribution in [1.82, 2.24) is 5.32 Å². The second kappa shape index (κ2) is 6.15. The van der Waals surface area contributed by atoms with E-state index in [-0.39, 0.29) is 0 Å². The first-order valence-electron chi connectivity index (χ1n) is 7.48. The van der Waals surface area contributed by atoms with E-state index in [4.69, 9.17) is 11.6 Å². The maximum Gasteiger partial charge on any atom is 0.152 e. The lowest BCUT2D eigenvalue weighted by molar-refractivity contribution is 0.112. The maximum absolute atomic E-state index is 11.2. The average molecular weight is 293 g/mol. The van der Waals surface area contributed by atoms with Crippen LogP contribution < -0.4 is 10.2 Å². The lowest BCUT2D eigenvalue weighted by atomic mass is 9.83. The summed E-state index contributed by atoms with van der Waals surface area (Å²) < 4.78 is 0. The molecule has 0 bridgehead atoms. The molecule has 3 rings (SSSR count). The topological polar surface area (TPSA) is 32.3 Å². The second-order valence-electron chi connectivity index (χ2n) is 5.90. The van der Waals surface area contributed by atoms with Crippen LogP contribution >= 0.6 is 11.6 Å². The Morgan fingerprint density at radius 3 is 2.65 bits per heavy atom. The number of carbonyl (C=O) groups is 1. The predicted octanol–water partition coefficient (Wildman–Crippen LogP) is 2.98. The van der Waals surface area contributed by atoms with E-state index < -0.39 is 0 Å². The van der Waals surface area contributed by atoms with Crippen molar-refractivity contribution in [3.63, 3.8) is 0 Å². The Morgan fingerprint density at radius 1 is 1.20 bits per heavy atom. The van der Waals surface area contributed by atoms with Crippen molar-refractivity contribution in [1.29, 1.82) is 0 Å². The fraction of sp³-hybridized carbons (Fsp3) is 0.562. The minimum Gasteiger partial charge on any atom is -0.371 e. The first-order valence-corrected chi connectivity index (χ1v) is 7.86.